The van der Waals surface area contributed by atoms with Crippen LogP contribution in [-0.2, 0) is 0 Å². The van der Waals surface area contributed by atoms with Crippen LogP contribution < -0.4 is 5.32 Å². The smallest absolute Gasteiger partial charge is 0.231 e. The molecule has 88 valence electrons. The summed E-state index contributed by atoms with van der Waals surface area (Å²) in [4.78, 5) is 4.58. The third kappa shape index (κ3) is 1.56. The third-order valence-electron chi connectivity index (χ3n) is 4.12. The van der Waals surface area contributed by atoms with E-state index in [4.69, 9.17) is 4.52 Å². The highest BCUT2D eigenvalue weighted by atomic mass is 16.5. The Kier molecular flexibility index (Phi) is 2.11. The zero-order chi connectivity index (χ0) is 11.3. The van der Waals surface area contributed by atoms with Crippen LogP contribution in [0.25, 0.3) is 0 Å². The van der Waals surface area contributed by atoms with E-state index in [2.05, 4.69) is 36.2 Å². The first kappa shape index (κ1) is 10.3. The van der Waals surface area contributed by atoms with Crippen molar-refractivity contribution in [2.75, 3.05) is 6.54 Å². The molecule has 16 heavy (non-hydrogen) atoms. The largest absolute Gasteiger partial charge is 0.339 e. The zero-order valence-corrected chi connectivity index (χ0v) is 10.2. The summed E-state index contributed by atoms with van der Waals surface area (Å²) >= 11 is 0. The Bertz CT molecular complexity index is 399. The highest BCUT2D eigenvalue weighted by Crippen LogP contribution is 2.57. The van der Waals surface area contributed by atoms with Crippen molar-refractivity contribution in [1.29, 1.82) is 0 Å². The van der Waals surface area contributed by atoms with Crippen LogP contribution >= 0.6 is 0 Å². The number of rotatable bonds is 2. The monoisotopic (exact) mass is 221 g/mol. The van der Waals surface area contributed by atoms with Crippen LogP contribution in [0.4, 0.5) is 0 Å². The lowest BCUT2D eigenvalue weighted by molar-refractivity contribution is 0.340. The van der Waals surface area contributed by atoms with Gasteiger partial charge in [-0.05, 0) is 31.7 Å². The van der Waals surface area contributed by atoms with Crippen LogP contribution in [0.2, 0.25) is 0 Å². The van der Waals surface area contributed by atoms with Crippen molar-refractivity contribution >= 4 is 0 Å². The quantitative estimate of drug-likeness (QED) is 0.830. The molecule has 1 N–H and O–H groups in total. The molecule has 0 spiro atoms. The molecular formula is C12H19N3O. The average molecular weight is 221 g/mol. The summed E-state index contributed by atoms with van der Waals surface area (Å²) in [6, 6.07) is 0.459. The molecule has 4 heteroatoms. The van der Waals surface area contributed by atoms with Crippen LogP contribution in [0.5, 0.6) is 0 Å². The van der Waals surface area contributed by atoms with Gasteiger partial charge in [-0.15, -0.1) is 0 Å². The van der Waals surface area contributed by atoms with Gasteiger partial charge >= 0.3 is 0 Å². The summed E-state index contributed by atoms with van der Waals surface area (Å²) in [5, 5.41) is 7.55. The van der Waals surface area contributed by atoms with Crippen LogP contribution in [0.15, 0.2) is 4.52 Å². The molecule has 0 amide bonds. The van der Waals surface area contributed by atoms with E-state index in [0.29, 0.717) is 23.3 Å². The van der Waals surface area contributed by atoms with Crippen LogP contribution in [0, 0.1) is 5.41 Å². The Balaban J connectivity index is 1.78. The van der Waals surface area contributed by atoms with Crippen molar-refractivity contribution in [2.45, 2.75) is 51.5 Å². The van der Waals surface area contributed by atoms with Gasteiger partial charge in [-0.25, -0.2) is 0 Å². The number of aromatic nitrogens is 2. The Morgan fingerprint density at radius 3 is 2.75 bits per heavy atom. The lowest BCUT2D eigenvalue weighted by Crippen LogP contribution is -2.21. The van der Waals surface area contributed by atoms with E-state index in [0.717, 1.165) is 24.7 Å². The first-order chi connectivity index (χ1) is 7.58. The molecule has 1 aromatic rings. The van der Waals surface area contributed by atoms with E-state index in [1.54, 1.807) is 0 Å². The zero-order valence-electron chi connectivity index (χ0n) is 10.2. The predicted molar refractivity (Wildman–Crippen MR) is 60.3 cm³/mol. The fourth-order valence-electron chi connectivity index (χ4n) is 2.64. The molecule has 0 radical (unpaired) electrons. The summed E-state index contributed by atoms with van der Waals surface area (Å²) in [6.45, 7) is 7.75. The van der Waals surface area contributed by atoms with E-state index in [1.165, 1.54) is 6.42 Å². The van der Waals surface area contributed by atoms with E-state index >= 15 is 0 Å². The fourth-order valence-corrected chi connectivity index (χ4v) is 2.64. The molecule has 2 aliphatic rings. The lowest BCUT2D eigenvalue weighted by Gasteiger charge is -2.08. The van der Waals surface area contributed by atoms with E-state index in [1.807, 2.05) is 0 Å². The van der Waals surface area contributed by atoms with Gasteiger partial charge in [0.25, 0.3) is 0 Å². The normalized spacial score (nSPS) is 36.6. The number of hydrogen-bond acceptors (Lipinski definition) is 4. The van der Waals surface area contributed by atoms with Gasteiger partial charge < -0.3 is 9.84 Å². The molecule has 3 rings (SSSR count). The molecule has 3 unspecified atom stereocenters. The van der Waals surface area contributed by atoms with Gasteiger partial charge in [0.2, 0.25) is 5.89 Å². The highest BCUT2D eigenvalue weighted by molar-refractivity contribution is 5.15. The first-order valence-electron chi connectivity index (χ1n) is 6.15. The molecule has 1 aliphatic heterocycles. The summed E-state index contributed by atoms with van der Waals surface area (Å²) in [7, 11) is 0. The van der Waals surface area contributed by atoms with Crippen molar-refractivity contribution in [3.8, 4) is 0 Å². The number of hydrogen-bond donors (Lipinski definition) is 1. The molecule has 1 aromatic heterocycles. The molecule has 3 atom stereocenters. The van der Waals surface area contributed by atoms with Crippen molar-refractivity contribution in [1.82, 2.24) is 15.5 Å². The molecular weight excluding hydrogens is 202 g/mol. The molecule has 1 aliphatic carbocycles. The maximum Gasteiger partial charge on any atom is 0.231 e. The van der Waals surface area contributed by atoms with Crippen molar-refractivity contribution in [2.24, 2.45) is 5.41 Å². The summed E-state index contributed by atoms with van der Waals surface area (Å²) in [6.07, 6.45) is 2.29. The summed E-state index contributed by atoms with van der Waals surface area (Å²) in [5.74, 6) is 2.66. The minimum absolute atomic E-state index is 0.376. The Morgan fingerprint density at radius 2 is 2.19 bits per heavy atom. The van der Waals surface area contributed by atoms with Crippen molar-refractivity contribution in [3.63, 3.8) is 0 Å². The first-order valence-corrected chi connectivity index (χ1v) is 6.15. The number of nitrogens with zero attached hydrogens (tertiary/aromatic N) is 2. The van der Waals surface area contributed by atoms with E-state index < -0.39 is 0 Å². The Hall–Kier alpha value is -0.900. The number of nitrogens with one attached hydrogen (secondary N) is 1. The van der Waals surface area contributed by atoms with Gasteiger partial charge in [0.15, 0.2) is 5.82 Å². The third-order valence-corrected chi connectivity index (χ3v) is 4.12. The van der Waals surface area contributed by atoms with Gasteiger partial charge in [0.1, 0.15) is 0 Å². The van der Waals surface area contributed by atoms with Gasteiger partial charge in [0, 0.05) is 12.0 Å². The highest BCUT2D eigenvalue weighted by Gasteiger charge is 2.49. The van der Waals surface area contributed by atoms with Gasteiger partial charge in [-0.2, -0.15) is 4.98 Å². The van der Waals surface area contributed by atoms with E-state index in [-0.39, 0.29) is 0 Å². The minimum Gasteiger partial charge on any atom is -0.339 e. The van der Waals surface area contributed by atoms with Crippen LogP contribution in [0.1, 0.15) is 57.2 Å². The van der Waals surface area contributed by atoms with Gasteiger partial charge in [0.05, 0.1) is 5.92 Å². The molecule has 0 aromatic carbocycles. The summed E-state index contributed by atoms with van der Waals surface area (Å²) in [5.41, 5.74) is 0.376. The standard InChI is InChI=1S/C12H19N3O/c1-7-8(4-5-13-7)11-14-10(15-16-11)9-6-12(9,2)3/h7-9,13H,4-6H2,1-3H3. The molecule has 2 fully saturated rings. The second kappa shape index (κ2) is 3.29. The maximum atomic E-state index is 5.41. The van der Waals surface area contributed by atoms with Crippen molar-refractivity contribution < 1.29 is 4.52 Å². The van der Waals surface area contributed by atoms with Gasteiger partial charge in [-0.3, -0.25) is 0 Å². The maximum absolute atomic E-state index is 5.41. The Labute approximate surface area is 95.8 Å². The van der Waals surface area contributed by atoms with Crippen molar-refractivity contribution in [3.05, 3.63) is 11.7 Å². The fraction of sp³-hybridized carbons (Fsp3) is 0.833. The second-order valence-corrected chi connectivity index (χ2v) is 5.87. The van der Waals surface area contributed by atoms with Crippen LogP contribution in [-0.4, -0.2) is 22.7 Å². The Morgan fingerprint density at radius 1 is 1.44 bits per heavy atom. The molecule has 0 bridgehead atoms. The lowest BCUT2D eigenvalue weighted by atomic mass is 10.0. The molecule has 1 saturated heterocycles. The van der Waals surface area contributed by atoms with Crippen LogP contribution in [0.3, 0.4) is 0 Å². The molecule has 1 saturated carbocycles. The SMILES string of the molecule is CC1NCCC1c1nc(C2CC2(C)C)no1. The summed E-state index contributed by atoms with van der Waals surface area (Å²) < 4.78 is 5.41. The predicted octanol–water partition coefficient (Wildman–Crippen LogP) is 2.05. The van der Waals surface area contributed by atoms with E-state index in [9.17, 15) is 0 Å². The molecule has 2 heterocycles. The second-order valence-electron chi connectivity index (χ2n) is 5.87. The molecule has 4 nitrogen and oxygen atoms in total. The topological polar surface area (TPSA) is 51.0 Å². The minimum atomic E-state index is 0.376. The average Bonchev–Trinajstić information content (AvgIpc) is 2.67. The van der Waals surface area contributed by atoms with Gasteiger partial charge in [-0.1, -0.05) is 19.0 Å².